The summed E-state index contributed by atoms with van der Waals surface area (Å²) in [7, 11) is -2.97. The largest absolute Gasteiger partial charge is 0.481 e. The predicted molar refractivity (Wildman–Crippen MR) is 74.3 cm³/mol. The van der Waals surface area contributed by atoms with Gasteiger partial charge in [-0.25, -0.2) is 13.2 Å². The lowest BCUT2D eigenvalue weighted by Crippen LogP contribution is -2.42. The van der Waals surface area contributed by atoms with Crippen LogP contribution in [0.2, 0.25) is 0 Å². The van der Waals surface area contributed by atoms with Gasteiger partial charge in [0.1, 0.15) is 0 Å². The van der Waals surface area contributed by atoms with Gasteiger partial charge in [0.25, 0.3) is 0 Å². The summed E-state index contributed by atoms with van der Waals surface area (Å²) in [5.41, 5.74) is 0. The Balaban J connectivity index is 1.99. The fourth-order valence-electron chi connectivity index (χ4n) is 2.10. The Labute approximate surface area is 119 Å². The third-order valence-corrected chi connectivity index (χ3v) is 4.94. The minimum absolute atomic E-state index is 0.0234. The molecule has 1 aliphatic rings. The summed E-state index contributed by atoms with van der Waals surface area (Å²) in [5, 5.41) is 13.8. The number of hydrogen-bond donors (Lipinski definition) is 3. The standard InChI is InChI=1S/C12H22N2O5S/c15-11(16)5-3-1-2-4-7-13-12(17)14-10-6-8-20(18,19)9-10/h10H,1-9H2,(H,15,16)(H2,13,14,17). The van der Waals surface area contributed by atoms with E-state index >= 15 is 0 Å². The van der Waals surface area contributed by atoms with Gasteiger partial charge in [0.2, 0.25) is 0 Å². The Hall–Kier alpha value is -1.31. The van der Waals surface area contributed by atoms with Crippen molar-refractivity contribution in [3.05, 3.63) is 0 Å². The average Bonchev–Trinajstić information content (AvgIpc) is 2.67. The van der Waals surface area contributed by atoms with Crippen LogP contribution < -0.4 is 10.6 Å². The van der Waals surface area contributed by atoms with Gasteiger partial charge in [-0.1, -0.05) is 12.8 Å². The average molecular weight is 306 g/mol. The topological polar surface area (TPSA) is 113 Å². The second kappa shape index (κ2) is 8.08. The SMILES string of the molecule is O=C(O)CCCCCCNC(=O)NC1CCS(=O)(=O)C1. The molecule has 0 aromatic heterocycles. The molecule has 1 fully saturated rings. The van der Waals surface area contributed by atoms with E-state index in [4.69, 9.17) is 5.11 Å². The normalized spacial score (nSPS) is 20.5. The smallest absolute Gasteiger partial charge is 0.315 e. The second-order valence-electron chi connectivity index (χ2n) is 5.06. The number of carboxylic acid groups (broad SMARTS) is 1. The van der Waals surface area contributed by atoms with Crippen LogP contribution in [-0.4, -0.2) is 49.6 Å². The van der Waals surface area contributed by atoms with Crippen LogP contribution in [-0.2, 0) is 14.6 Å². The number of aliphatic carboxylic acids is 1. The van der Waals surface area contributed by atoms with Gasteiger partial charge in [-0.15, -0.1) is 0 Å². The van der Waals surface area contributed by atoms with Gasteiger partial charge in [-0.05, 0) is 19.3 Å². The molecule has 7 nitrogen and oxygen atoms in total. The van der Waals surface area contributed by atoms with Crippen LogP contribution in [0.15, 0.2) is 0 Å². The Kier molecular flexibility index (Phi) is 6.77. The lowest BCUT2D eigenvalue weighted by molar-refractivity contribution is -0.137. The Bertz CT molecular complexity index is 435. The molecule has 2 amide bonds. The van der Waals surface area contributed by atoms with Crippen molar-refractivity contribution in [1.82, 2.24) is 10.6 Å². The number of rotatable bonds is 8. The number of unbranched alkanes of at least 4 members (excludes halogenated alkanes) is 3. The van der Waals surface area contributed by atoms with E-state index in [1.165, 1.54) is 0 Å². The van der Waals surface area contributed by atoms with Gasteiger partial charge in [-0.3, -0.25) is 4.79 Å². The summed E-state index contributed by atoms with van der Waals surface area (Å²) in [6, 6.07) is -0.617. The maximum atomic E-state index is 11.5. The van der Waals surface area contributed by atoms with Gasteiger partial charge in [0.15, 0.2) is 9.84 Å². The number of sulfone groups is 1. The number of carboxylic acids is 1. The van der Waals surface area contributed by atoms with Crippen LogP contribution in [0.1, 0.15) is 38.5 Å². The summed E-state index contributed by atoms with van der Waals surface area (Å²) in [6.07, 6.45) is 3.80. The van der Waals surface area contributed by atoms with Crippen molar-refractivity contribution in [1.29, 1.82) is 0 Å². The molecule has 1 rings (SSSR count). The van der Waals surface area contributed by atoms with E-state index < -0.39 is 15.8 Å². The van der Waals surface area contributed by atoms with Crippen molar-refractivity contribution in [2.75, 3.05) is 18.1 Å². The molecule has 8 heteroatoms. The Morgan fingerprint density at radius 2 is 1.85 bits per heavy atom. The zero-order chi connectivity index (χ0) is 15.0. The number of urea groups is 1. The van der Waals surface area contributed by atoms with E-state index in [-0.39, 0.29) is 30.0 Å². The van der Waals surface area contributed by atoms with E-state index in [1.807, 2.05) is 0 Å². The summed E-state index contributed by atoms with van der Waals surface area (Å²) in [4.78, 5) is 21.8. The molecule has 1 saturated heterocycles. The van der Waals surface area contributed by atoms with Gasteiger partial charge in [-0.2, -0.15) is 0 Å². The van der Waals surface area contributed by atoms with Crippen LogP contribution in [0, 0.1) is 0 Å². The minimum atomic E-state index is -2.97. The fraction of sp³-hybridized carbons (Fsp3) is 0.833. The zero-order valence-corrected chi connectivity index (χ0v) is 12.2. The molecule has 0 saturated carbocycles. The highest BCUT2D eigenvalue weighted by atomic mass is 32.2. The van der Waals surface area contributed by atoms with Gasteiger partial charge < -0.3 is 15.7 Å². The summed E-state index contributed by atoms with van der Waals surface area (Å²) in [5.74, 6) is -0.619. The zero-order valence-electron chi connectivity index (χ0n) is 11.4. The molecular weight excluding hydrogens is 284 g/mol. The molecule has 1 heterocycles. The lowest BCUT2D eigenvalue weighted by atomic mass is 10.1. The van der Waals surface area contributed by atoms with Crippen LogP contribution in [0.25, 0.3) is 0 Å². The first-order valence-electron chi connectivity index (χ1n) is 6.85. The summed E-state index contributed by atoms with van der Waals surface area (Å²) in [6.45, 7) is 0.512. The molecular formula is C12H22N2O5S. The van der Waals surface area contributed by atoms with Crippen LogP contribution >= 0.6 is 0 Å². The number of hydrogen-bond acceptors (Lipinski definition) is 4. The first-order valence-corrected chi connectivity index (χ1v) is 8.68. The Morgan fingerprint density at radius 3 is 2.45 bits per heavy atom. The molecule has 0 bridgehead atoms. The van der Waals surface area contributed by atoms with Crippen LogP contribution in [0.4, 0.5) is 4.79 Å². The van der Waals surface area contributed by atoms with E-state index in [2.05, 4.69) is 10.6 Å². The highest BCUT2D eigenvalue weighted by Gasteiger charge is 2.28. The number of amides is 2. The number of carbonyl (C=O) groups is 2. The maximum absolute atomic E-state index is 11.5. The Morgan fingerprint density at radius 1 is 1.15 bits per heavy atom. The first kappa shape index (κ1) is 16.7. The highest BCUT2D eigenvalue weighted by molar-refractivity contribution is 7.91. The quantitative estimate of drug-likeness (QED) is 0.565. The molecule has 3 N–H and O–H groups in total. The molecule has 0 aromatic carbocycles. The molecule has 1 aliphatic heterocycles. The van der Waals surface area contributed by atoms with Gasteiger partial charge >= 0.3 is 12.0 Å². The number of nitrogens with one attached hydrogen (secondary N) is 2. The van der Waals surface area contributed by atoms with Crippen LogP contribution in [0.3, 0.4) is 0 Å². The maximum Gasteiger partial charge on any atom is 0.315 e. The summed E-state index contributed by atoms with van der Waals surface area (Å²) < 4.78 is 22.4. The molecule has 0 radical (unpaired) electrons. The molecule has 1 atom stereocenters. The fourth-order valence-corrected chi connectivity index (χ4v) is 3.78. The molecule has 116 valence electrons. The van der Waals surface area contributed by atoms with E-state index in [9.17, 15) is 18.0 Å². The number of carbonyl (C=O) groups excluding carboxylic acids is 1. The van der Waals surface area contributed by atoms with E-state index in [1.54, 1.807) is 0 Å². The van der Waals surface area contributed by atoms with Crippen molar-refractivity contribution < 1.29 is 23.1 Å². The molecule has 0 spiro atoms. The highest BCUT2D eigenvalue weighted by Crippen LogP contribution is 2.10. The van der Waals surface area contributed by atoms with Crippen molar-refractivity contribution in [2.45, 2.75) is 44.6 Å². The minimum Gasteiger partial charge on any atom is -0.481 e. The molecule has 20 heavy (non-hydrogen) atoms. The third-order valence-electron chi connectivity index (χ3n) is 3.17. The third kappa shape index (κ3) is 7.32. The van der Waals surface area contributed by atoms with Crippen molar-refractivity contribution in [3.8, 4) is 0 Å². The monoisotopic (exact) mass is 306 g/mol. The van der Waals surface area contributed by atoms with Crippen molar-refractivity contribution in [2.24, 2.45) is 0 Å². The predicted octanol–water partition coefficient (Wildman–Crippen LogP) is 0.508. The van der Waals surface area contributed by atoms with Crippen molar-refractivity contribution in [3.63, 3.8) is 0 Å². The lowest BCUT2D eigenvalue weighted by Gasteiger charge is -2.11. The van der Waals surface area contributed by atoms with Gasteiger partial charge in [0, 0.05) is 19.0 Å². The van der Waals surface area contributed by atoms with Gasteiger partial charge in [0.05, 0.1) is 11.5 Å². The molecule has 0 aliphatic carbocycles. The van der Waals surface area contributed by atoms with E-state index in [0.29, 0.717) is 19.4 Å². The van der Waals surface area contributed by atoms with Crippen LogP contribution in [0.5, 0.6) is 0 Å². The second-order valence-corrected chi connectivity index (χ2v) is 7.29. The summed E-state index contributed by atoms with van der Waals surface area (Å²) >= 11 is 0. The van der Waals surface area contributed by atoms with Crippen molar-refractivity contribution >= 4 is 21.8 Å². The molecule has 0 aromatic rings. The first-order chi connectivity index (χ1) is 9.39. The van der Waals surface area contributed by atoms with E-state index in [0.717, 1.165) is 19.3 Å². The molecule has 1 unspecified atom stereocenters.